The number of aliphatic hydroxyl groups is 1. The van der Waals surface area contributed by atoms with Gasteiger partial charge in [0.1, 0.15) is 5.82 Å². The van der Waals surface area contributed by atoms with Gasteiger partial charge in [-0.2, -0.15) is 0 Å². The molecule has 0 atom stereocenters. The van der Waals surface area contributed by atoms with Crippen LogP contribution < -0.4 is 5.32 Å². The molecule has 2 nitrogen and oxygen atoms in total. The van der Waals surface area contributed by atoms with Crippen LogP contribution in [0.4, 0.5) is 4.39 Å². The Kier molecular flexibility index (Phi) is 3.26. The highest BCUT2D eigenvalue weighted by molar-refractivity contribution is 5.26. The van der Waals surface area contributed by atoms with Crippen molar-refractivity contribution in [3.63, 3.8) is 0 Å². The van der Waals surface area contributed by atoms with E-state index in [1.807, 2.05) is 13.0 Å². The SMILES string of the molecule is Cc1cc(F)ccc1CNCC1(CO)CC1. The van der Waals surface area contributed by atoms with Gasteiger partial charge in [-0.25, -0.2) is 4.39 Å². The Bertz CT molecular complexity index is 374. The maximum atomic E-state index is 12.9. The van der Waals surface area contributed by atoms with Gasteiger partial charge in [-0.1, -0.05) is 6.07 Å². The fourth-order valence-electron chi connectivity index (χ4n) is 1.89. The monoisotopic (exact) mass is 223 g/mol. The molecule has 1 aromatic rings. The molecule has 1 saturated carbocycles. The molecule has 0 saturated heterocycles. The third kappa shape index (κ3) is 2.60. The molecule has 0 spiro atoms. The van der Waals surface area contributed by atoms with Gasteiger partial charge in [-0.3, -0.25) is 0 Å². The van der Waals surface area contributed by atoms with Gasteiger partial charge < -0.3 is 10.4 Å². The molecule has 0 amide bonds. The van der Waals surface area contributed by atoms with Crippen LogP contribution in [0.15, 0.2) is 18.2 Å². The molecule has 3 heteroatoms. The molecule has 0 radical (unpaired) electrons. The summed E-state index contributed by atoms with van der Waals surface area (Å²) in [5.74, 6) is -0.185. The fourth-order valence-corrected chi connectivity index (χ4v) is 1.89. The second-order valence-electron chi connectivity index (χ2n) is 4.83. The van der Waals surface area contributed by atoms with E-state index in [1.54, 1.807) is 6.07 Å². The van der Waals surface area contributed by atoms with Crippen molar-refractivity contribution in [2.45, 2.75) is 26.3 Å². The third-order valence-electron chi connectivity index (χ3n) is 3.41. The van der Waals surface area contributed by atoms with Crippen molar-refractivity contribution in [2.24, 2.45) is 5.41 Å². The van der Waals surface area contributed by atoms with Gasteiger partial charge in [-0.05, 0) is 43.0 Å². The van der Waals surface area contributed by atoms with Crippen LogP contribution in [0.5, 0.6) is 0 Å². The van der Waals surface area contributed by atoms with Gasteiger partial charge in [0.05, 0.1) is 0 Å². The fraction of sp³-hybridized carbons (Fsp3) is 0.538. The van der Waals surface area contributed by atoms with Crippen LogP contribution in [-0.4, -0.2) is 18.3 Å². The van der Waals surface area contributed by atoms with Gasteiger partial charge >= 0.3 is 0 Å². The van der Waals surface area contributed by atoms with Gasteiger partial charge in [0.2, 0.25) is 0 Å². The highest BCUT2D eigenvalue weighted by atomic mass is 19.1. The molecular formula is C13H18FNO. The summed E-state index contributed by atoms with van der Waals surface area (Å²) in [6, 6.07) is 4.86. The highest BCUT2D eigenvalue weighted by Crippen LogP contribution is 2.44. The summed E-state index contributed by atoms with van der Waals surface area (Å²) in [4.78, 5) is 0. The first-order valence-electron chi connectivity index (χ1n) is 5.72. The van der Waals surface area contributed by atoms with Crippen molar-refractivity contribution < 1.29 is 9.50 Å². The van der Waals surface area contributed by atoms with Crippen LogP contribution in [0.2, 0.25) is 0 Å². The van der Waals surface area contributed by atoms with E-state index in [0.717, 1.165) is 37.1 Å². The molecular weight excluding hydrogens is 205 g/mol. The molecule has 0 bridgehead atoms. The minimum Gasteiger partial charge on any atom is -0.396 e. The van der Waals surface area contributed by atoms with E-state index in [4.69, 9.17) is 5.11 Å². The topological polar surface area (TPSA) is 32.3 Å². The van der Waals surface area contributed by atoms with Crippen molar-refractivity contribution >= 4 is 0 Å². The zero-order valence-corrected chi connectivity index (χ0v) is 9.59. The smallest absolute Gasteiger partial charge is 0.123 e. The van der Waals surface area contributed by atoms with E-state index in [-0.39, 0.29) is 17.8 Å². The number of benzene rings is 1. The summed E-state index contributed by atoms with van der Waals surface area (Å²) in [5, 5.41) is 12.5. The first kappa shape index (κ1) is 11.6. The van der Waals surface area contributed by atoms with Crippen LogP contribution in [-0.2, 0) is 6.54 Å². The van der Waals surface area contributed by atoms with Crippen molar-refractivity contribution in [2.75, 3.05) is 13.2 Å². The second-order valence-corrected chi connectivity index (χ2v) is 4.83. The predicted octanol–water partition coefficient (Wildman–Crippen LogP) is 2.00. The number of hydrogen-bond acceptors (Lipinski definition) is 2. The van der Waals surface area contributed by atoms with Crippen molar-refractivity contribution in [3.05, 3.63) is 35.1 Å². The average molecular weight is 223 g/mol. The number of rotatable bonds is 5. The highest BCUT2D eigenvalue weighted by Gasteiger charge is 2.41. The Morgan fingerprint density at radius 1 is 1.44 bits per heavy atom. The maximum absolute atomic E-state index is 12.9. The van der Waals surface area contributed by atoms with Gasteiger partial charge in [0.15, 0.2) is 0 Å². The molecule has 16 heavy (non-hydrogen) atoms. The lowest BCUT2D eigenvalue weighted by molar-refractivity contribution is 0.207. The number of nitrogens with one attached hydrogen (secondary N) is 1. The summed E-state index contributed by atoms with van der Waals surface area (Å²) in [7, 11) is 0. The Labute approximate surface area is 95.5 Å². The molecule has 2 rings (SSSR count). The second kappa shape index (κ2) is 4.52. The van der Waals surface area contributed by atoms with Crippen LogP contribution in [0.25, 0.3) is 0 Å². The zero-order valence-electron chi connectivity index (χ0n) is 9.59. The molecule has 0 aliphatic heterocycles. The Balaban J connectivity index is 1.85. The molecule has 2 N–H and O–H groups in total. The number of aliphatic hydroxyl groups excluding tert-OH is 1. The number of hydrogen-bond donors (Lipinski definition) is 2. The van der Waals surface area contributed by atoms with Gasteiger partial charge in [0, 0.05) is 25.1 Å². The lowest BCUT2D eigenvalue weighted by atomic mass is 10.1. The molecule has 0 unspecified atom stereocenters. The standard InChI is InChI=1S/C13H18FNO/c1-10-6-12(14)3-2-11(10)7-15-8-13(9-16)4-5-13/h2-3,6,15-16H,4-5,7-9H2,1H3. The summed E-state index contributed by atoms with van der Waals surface area (Å²) < 4.78 is 12.9. The van der Waals surface area contributed by atoms with Crippen LogP contribution in [0.3, 0.4) is 0 Å². The lowest BCUT2D eigenvalue weighted by Crippen LogP contribution is -2.26. The zero-order chi connectivity index (χ0) is 11.6. The number of halogens is 1. The molecule has 88 valence electrons. The van der Waals surface area contributed by atoms with E-state index < -0.39 is 0 Å². The summed E-state index contributed by atoms with van der Waals surface area (Å²) in [6.07, 6.45) is 2.22. The molecule has 1 aromatic carbocycles. The molecule has 0 heterocycles. The van der Waals surface area contributed by atoms with E-state index in [9.17, 15) is 4.39 Å². The molecule has 1 aliphatic carbocycles. The van der Waals surface area contributed by atoms with Gasteiger partial charge in [0.25, 0.3) is 0 Å². The molecule has 0 aromatic heterocycles. The largest absolute Gasteiger partial charge is 0.396 e. The number of aryl methyl sites for hydroxylation is 1. The minimum atomic E-state index is -0.185. The van der Waals surface area contributed by atoms with E-state index in [0.29, 0.717) is 0 Å². The first-order valence-corrected chi connectivity index (χ1v) is 5.72. The van der Waals surface area contributed by atoms with Crippen molar-refractivity contribution in [3.8, 4) is 0 Å². The van der Waals surface area contributed by atoms with E-state index in [2.05, 4.69) is 5.32 Å². The quantitative estimate of drug-likeness (QED) is 0.800. The summed E-state index contributed by atoms with van der Waals surface area (Å²) in [6.45, 7) is 3.77. The predicted molar refractivity (Wildman–Crippen MR) is 61.6 cm³/mol. The van der Waals surface area contributed by atoms with Crippen LogP contribution >= 0.6 is 0 Å². The minimum absolute atomic E-state index is 0.133. The lowest BCUT2D eigenvalue weighted by Gasteiger charge is -2.13. The normalized spacial score (nSPS) is 17.4. The van der Waals surface area contributed by atoms with Crippen LogP contribution in [0.1, 0.15) is 24.0 Å². The average Bonchev–Trinajstić information content (AvgIpc) is 3.02. The Morgan fingerprint density at radius 2 is 2.19 bits per heavy atom. The maximum Gasteiger partial charge on any atom is 0.123 e. The summed E-state index contributed by atoms with van der Waals surface area (Å²) >= 11 is 0. The molecule has 1 fully saturated rings. The Hall–Kier alpha value is -0.930. The third-order valence-corrected chi connectivity index (χ3v) is 3.41. The summed E-state index contributed by atoms with van der Waals surface area (Å²) in [5.41, 5.74) is 2.23. The van der Waals surface area contributed by atoms with Crippen LogP contribution in [0, 0.1) is 18.2 Å². The van der Waals surface area contributed by atoms with E-state index >= 15 is 0 Å². The van der Waals surface area contributed by atoms with Crippen molar-refractivity contribution in [1.29, 1.82) is 0 Å². The Morgan fingerprint density at radius 3 is 2.75 bits per heavy atom. The van der Waals surface area contributed by atoms with Crippen molar-refractivity contribution in [1.82, 2.24) is 5.32 Å². The van der Waals surface area contributed by atoms with Gasteiger partial charge in [-0.15, -0.1) is 0 Å². The first-order chi connectivity index (χ1) is 7.65. The van der Waals surface area contributed by atoms with E-state index in [1.165, 1.54) is 6.07 Å². The molecule has 1 aliphatic rings.